The molecule has 1 saturated heterocycles. The zero-order chi connectivity index (χ0) is 14.8. The highest BCUT2D eigenvalue weighted by Crippen LogP contribution is 2.29. The van der Waals surface area contributed by atoms with Crippen LogP contribution in [0.2, 0.25) is 0 Å². The molecule has 1 aromatic rings. The Hall–Kier alpha value is -2.36. The van der Waals surface area contributed by atoms with Crippen molar-refractivity contribution in [2.75, 3.05) is 13.1 Å². The van der Waals surface area contributed by atoms with Crippen LogP contribution in [0.1, 0.15) is 33.6 Å². The molecule has 1 aromatic carbocycles. The van der Waals surface area contributed by atoms with E-state index >= 15 is 0 Å². The van der Waals surface area contributed by atoms with Gasteiger partial charge >= 0.3 is 0 Å². The molecule has 21 heavy (non-hydrogen) atoms. The van der Waals surface area contributed by atoms with Crippen molar-refractivity contribution < 1.29 is 9.59 Å². The van der Waals surface area contributed by atoms with Crippen molar-refractivity contribution in [3.63, 3.8) is 0 Å². The second-order valence-electron chi connectivity index (χ2n) is 5.56. The monoisotopic (exact) mass is 282 g/mol. The van der Waals surface area contributed by atoms with E-state index < -0.39 is 5.91 Å². The number of piperidine rings is 1. The predicted molar refractivity (Wildman–Crippen MR) is 80.8 cm³/mol. The van der Waals surface area contributed by atoms with Gasteiger partial charge in [0.2, 0.25) is 5.91 Å². The lowest BCUT2D eigenvalue weighted by molar-refractivity contribution is 0.0734. The van der Waals surface area contributed by atoms with Gasteiger partial charge in [0.1, 0.15) is 0 Å². The van der Waals surface area contributed by atoms with Gasteiger partial charge < -0.3 is 10.6 Å². The van der Waals surface area contributed by atoms with E-state index in [0.717, 1.165) is 19.4 Å². The molecule has 4 nitrogen and oxygen atoms in total. The van der Waals surface area contributed by atoms with Gasteiger partial charge in [-0.1, -0.05) is 18.2 Å². The predicted octanol–water partition coefficient (Wildman–Crippen LogP) is 2.13. The van der Waals surface area contributed by atoms with Crippen LogP contribution < -0.4 is 5.73 Å². The fourth-order valence-electron chi connectivity index (χ4n) is 2.95. The highest BCUT2D eigenvalue weighted by atomic mass is 16.2. The number of carbonyl (C=O) groups excluding carboxylic acids is 2. The summed E-state index contributed by atoms with van der Waals surface area (Å²) >= 11 is 0. The van der Waals surface area contributed by atoms with Gasteiger partial charge in [-0.05, 0) is 48.6 Å². The van der Waals surface area contributed by atoms with Crippen LogP contribution in [0.3, 0.4) is 0 Å². The maximum Gasteiger partial charge on any atom is 0.254 e. The minimum atomic E-state index is -0.478. The van der Waals surface area contributed by atoms with E-state index in [1.165, 1.54) is 5.57 Å². The molecule has 0 spiro atoms. The number of nitrogens with zero attached hydrogens (tertiary/aromatic N) is 1. The number of nitrogens with two attached hydrogens (primary N) is 1. The number of hydrogen-bond donors (Lipinski definition) is 1. The topological polar surface area (TPSA) is 63.4 Å². The summed E-state index contributed by atoms with van der Waals surface area (Å²) in [6.45, 7) is 1.48. The third-order valence-corrected chi connectivity index (χ3v) is 4.22. The van der Waals surface area contributed by atoms with Gasteiger partial charge in [0, 0.05) is 24.2 Å². The lowest BCUT2D eigenvalue weighted by Crippen LogP contribution is -2.40. The van der Waals surface area contributed by atoms with Gasteiger partial charge in [-0.2, -0.15) is 0 Å². The van der Waals surface area contributed by atoms with E-state index in [9.17, 15) is 9.59 Å². The second kappa shape index (κ2) is 5.56. The molecule has 1 aliphatic carbocycles. The molecule has 2 aliphatic rings. The average molecular weight is 282 g/mol. The molecule has 4 heteroatoms. The van der Waals surface area contributed by atoms with Crippen molar-refractivity contribution in [2.45, 2.75) is 12.8 Å². The van der Waals surface area contributed by atoms with Crippen LogP contribution in [-0.4, -0.2) is 29.8 Å². The van der Waals surface area contributed by atoms with E-state index in [0.29, 0.717) is 23.6 Å². The van der Waals surface area contributed by atoms with Crippen molar-refractivity contribution in [3.05, 3.63) is 59.2 Å². The van der Waals surface area contributed by atoms with E-state index in [1.807, 2.05) is 4.90 Å². The molecule has 1 unspecified atom stereocenters. The maximum absolute atomic E-state index is 12.5. The van der Waals surface area contributed by atoms with Crippen LogP contribution in [0, 0.1) is 5.92 Å². The first-order valence-electron chi connectivity index (χ1n) is 7.20. The quantitative estimate of drug-likeness (QED) is 0.903. The zero-order valence-corrected chi connectivity index (χ0v) is 11.8. The molecule has 1 fully saturated rings. The Morgan fingerprint density at radius 2 is 1.86 bits per heavy atom. The van der Waals surface area contributed by atoms with Crippen molar-refractivity contribution in [1.29, 1.82) is 0 Å². The van der Waals surface area contributed by atoms with Crippen LogP contribution in [0.5, 0.6) is 0 Å². The van der Waals surface area contributed by atoms with Gasteiger partial charge in [-0.3, -0.25) is 9.59 Å². The highest BCUT2D eigenvalue weighted by molar-refractivity contribution is 5.97. The summed E-state index contributed by atoms with van der Waals surface area (Å²) in [5, 5.41) is 0. The van der Waals surface area contributed by atoms with Gasteiger partial charge in [-0.25, -0.2) is 0 Å². The van der Waals surface area contributed by atoms with E-state index in [1.54, 1.807) is 24.3 Å². The first-order chi connectivity index (χ1) is 10.1. The van der Waals surface area contributed by atoms with Gasteiger partial charge in [0.15, 0.2) is 0 Å². The van der Waals surface area contributed by atoms with Crippen molar-refractivity contribution in [3.8, 4) is 0 Å². The third-order valence-electron chi connectivity index (χ3n) is 4.22. The Morgan fingerprint density at radius 3 is 2.57 bits per heavy atom. The Bertz CT molecular complexity index is 629. The third kappa shape index (κ3) is 2.75. The highest BCUT2D eigenvalue weighted by Gasteiger charge is 2.27. The minimum Gasteiger partial charge on any atom is -0.366 e. The van der Waals surface area contributed by atoms with Gasteiger partial charge in [0.05, 0.1) is 0 Å². The number of allylic oxidation sites excluding steroid dienone is 3. The molecule has 0 saturated carbocycles. The SMILES string of the molecule is NC(=O)c1ccc(C(=O)N2CCC3CC=CC=C3C2)cc1. The summed E-state index contributed by atoms with van der Waals surface area (Å²) in [5.74, 6) is 0.130. The minimum absolute atomic E-state index is 0.0138. The van der Waals surface area contributed by atoms with Crippen molar-refractivity contribution in [2.24, 2.45) is 11.7 Å². The summed E-state index contributed by atoms with van der Waals surface area (Å²) in [6.07, 6.45) is 8.49. The molecule has 1 aliphatic heterocycles. The number of hydrogen-bond acceptors (Lipinski definition) is 2. The molecule has 1 heterocycles. The van der Waals surface area contributed by atoms with Crippen molar-refractivity contribution in [1.82, 2.24) is 4.90 Å². The van der Waals surface area contributed by atoms with Crippen LogP contribution in [0.25, 0.3) is 0 Å². The first-order valence-corrected chi connectivity index (χ1v) is 7.20. The van der Waals surface area contributed by atoms with Crippen LogP contribution in [-0.2, 0) is 0 Å². The number of likely N-dealkylation sites (tertiary alicyclic amines) is 1. The largest absolute Gasteiger partial charge is 0.366 e. The van der Waals surface area contributed by atoms with Gasteiger partial charge in [0.25, 0.3) is 5.91 Å². The second-order valence-corrected chi connectivity index (χ2v) is 5.56. The van der Waals surface area contributed by atoms with Crippen molar-refractivity contribution >= 4 is 11.8 Å². The summed E-state index contributed by atoms with van der Waals surface area (Å²) in [7, 11) is 0. The lowest BCUT2D eigenvalue weighted by Gasteiger charge is -2.35. The molecular weight excluding hydrogens is 264 g/mol. The zero-order valence-electron chi connectivity index (χ0n) is 11.8. The summed E-state index contributed by atoms with van der Waals surface area (Å²) in [6, 6.07) is 6.54. The van der Waals surface area contributed by atoms with Crippen LogP contribution >= 0.6 is 0 Å². The normalized spacial score (nSPS) is 20.7. The first kappa shape index (κ1) is 13.6. The van der Waals surface area contributed by atoms with Crippen LogP contribution in [0.15, 0.2) is 48.1 Å². The van der Waals surface area contributed by atoms with Gasteiger partial charge in [-0.15, -0.1) is 0 Å². The number of benzene rings is 1. The summed E-state index contributed by atoms with van der Waals surface area (Å²) in [5.41, 5.74) is 7.57. The lowest BCUT2D eigenvalue weighted by atomic mass is 9.85. The molecule has 1 atom stereocenters. The number of primary amides is 1. The van der Waals surface area contributed by atoms with E-state index in [4.69, 9.17) is 5.73 Å². The smallest absolute Gasteiger partial charge is 0.254 e. The molecule has 3 rings (SSSR count). The Morgan fingerprint density at radius 1 is 1.14 bits per heavy atom. The Labute approximate surface area is 123 Å². The molecule has 2 N–H and O–H groups in total. The fraction of sp³-hybridized carbons (Fsp3) is 0.294. The van der Waals surface area contributed by atoms with E-state index in [-0.39, 0.29) is 5.91 Å². The number of amides is 2. The standard InChI is InChI=1S/C17H18N2O2/c18-16(20)13-5-7-14(8-6-13)17(21)19-10-9-12-3-1-2-4-15(12)11-19/h1-2,4-8,12H,3,9-11H2,(H2,18,20). The molecule has 2 amide bonds. The Kier molecular flexibility index (Phi) is 3.60. The Balaban J connectivity index is 1.74. The molecule has 0 aromatic heterocycles. The maximum atomic E-state index is 12.5. The molecule has 108 valence electrons. The molecular formula is C17H18N2O2. The number of fused-ring (bicyclic) bond motifs is 1. The summed E-state index contributed by atoms with van der Waals surface area (Å²) < 4.78 is 0. The number of rotatable bonds is 2. The average Bonchev–Trinajstić information content (AvgIpc) is 2.54. The van der Waals surface area contributed by atoms with Crippen LogP contribution in [0.4, 0.5) is 0 Å². The molecule has 0 radical (unpaired) electrons. The molecule has 0 bridgehead atoms. The number of carbonyl (C=O) groups is 2. The summed E-state index contributed by atoms with van der Waals surface area (Å²) in [4.78, 5) is 25.4. The fourth-order valence-corrected chi connectivity index (χ4v) is 2.95. The van der Waals surface area contributed by atoms with E-state index in [2.05, 4.69) is 18.2 Å².